The van der Waals surface area contributed by atoms with Gasteiger partial charge in [0.25, 0.3) is 0 Å². The largest absolute Gasteiger partial charge is 0.465 e. The Morgan fingerprint density at radius 3 is 2.36 bits per heavy atom. The maximum atomic E-state index is 12.0. The van der Waals surface area contributed by atoms with Gasteiger partial charge >= 0.3 is 5.97 Å². The molecule has 28 heavy (non-hydrogen) atoms. The van der Waals surface area contributed by atoms with E-state index >= 15 is 0 Å². The highest BCUT2D eigenvalue weighted by molar-refractivity contribution is 7.80. The first-order valence-corrected chi connectivity index (χ1v) is 9.54. The van der Waals surface area contributed by atoms with E-state index in [0.717, 1.165) is 27.9 Å². The van der Waals surface area contributed by atoms with Gasteiger partial charge in [-0.2, -0.15) is 12.6 Å². The van der Waals surface area contributed by atoms with Crippen molar-refractivity contribution in [3.8, 4) is 22.3 Å². The van der Waals surface area contributed by atoms with Crippen LogP contribution in [-0.4, -0.2) is 24.7 Å². The molecule has 0 aliphatic heterocycles. The average Bonchev–Trinajstić information content (AvgIpc) is 2.74. The number of ether oxygens (including phenoxy) is 1. The number of methoxy groups -OCH3 is 1. The summed E-state index contributed by atoms with van der Waals surface area (Å²) in [6, 6.07) is 23.0. The van der Waals surface area contributed by atoms with Gasteiger partial charge < -0.3 is 10.1 Å². The molecular weight excluding hydrogens is 370 g/mol. The molecule has 0 bridgehead atoms. The van der Waals surface area contributed by atoms with Gasteiger partial charge in [-0.3, -0.25) is 4.79 Å². The average molecular weight is 391 g/mol. The van der Waals surface area contributed by atoms with Crippen LogP contribution in [0.15, 0.2) is 72.8 Å². The molecule has 0 spiro atoms. The molecule has 0 aliphatic rings. The van der Waals surface area contributed by atoms with E-state index in [1.165, 1.54) is 7.11 Å². The van der Waals surface area contributed by atoms with Gasteiger partial charge in [-0.25, -0.2) is 4.79 Å². The second-order valence-corrected chi connectivity index (χ2v) is 6.67. The molecule has 3 aromatic rings. The Bertz CT molecular complexity index is 986. The Labute approximate surface area is 170 Å². The zero-order valence-electron chi connectivity index (χ0n) is 15.5. The van der Waals surface area contributed by atoms with Crippen molar-refractivity contribution in [2.75, 3.05) is 18.2 Å². The fraction of sp³-hybridized carbons (Fsp3) is 0.130. The molecule has 0 aromatic heterocycles. The van der Waals surface area contributed by atoms with Crippen molar-refractivity contribution in [1.82, 2.24) is 0 Å². The summed E-state index contributed by atoms with van der Waals surface area (Å²) in [4.78, 5) is 23.9. The molecule has 5 heteroatoms. The van der Waals surface area contributed by atoms with E-state index in [2.05, 4.69) is 17.9 Å². The van der Waals surface area contributed by atoms with Crippen molar-refractivity contribution in [1.29, 1.82) is 0 Å². The Morgan fingerprint density at radius 1 is 0.893 bits per heavy atom. The third kappa shape index (κ3) is 4.61. The topological polar surface area (TPSA) is 55.4 Å². The lowest BCUT2D eigenvalue weighted by Crippen LogP contribution is -2.11. The molecule has 0 unspecified atom stereocenters. The van der Waals surface area contributed by atoms with Crippen LogP contribution < -0.4 is 5.32 Å². The lowest BCUT2D eigenvalue weighted by molar-refractivity contribution is -0.115. The van der Waals surface area contributed by atoms with Crippen molar-refractivity contribution >= 4 is 30.2 Å². The van der Waals surface area contributed by atoms with Crippen molar-refractivity contribution in [2.24, 2.45) is 0 Å². The fourth-order valence-corrected chi connectivity index (χ4v) is 3.19. The van der Waals surface area contributed by atoms with Crippen molar-refractivity contribution < 1.29 is 14.3 Å². The molecule has 3 aromatic carbocycles. The highest BCUT2D eigenvalue weighted by atomic mass is 32.1. The number of amides is 1. The Kier molecular flexibility index (Phi) is 6.50. The number of rotatable bonds is 6. The molecule has 142 valence electrons. The number of anilines is 1. The number of thiol groups is 1. The van der Waals surface area contributed by atoms with E-state index in [1.807, 2.05) is 66.7 Å². The van der Waals surface area contributed by atoms with Crippen LogP contribution in [0.5, 0.6) is 0 Å². The molecule has 0 aliphatic carbocycles. The zero-order chi connectivity index (χ0) is 19.9. The summed E-state index contributed by atoms with van der Waals surface area (Å²) in [5.74, 6) is 0.0451. The predicted octanol–water partition coefficient (Wildman–Crippen LogP) is 5.07. The van der Waals surface area contributed by atoms with E-state index in [-0.39, 0.29) is 11.9 Å². The highest BCUT2D eigenvalue weighted by Crippen LogP contribution is 2.34. The van der Waals surface area contributed by atoms with Crippen molar-refractivity contribution in [3.63, 3.8) is 0 Å². The molecule has 4 nitrogen and oxygen atoms in total. The molecule has 0 saturated carbocycles. The first kappa shape index (κ1) is 19.7. The summed E-state index contributed by atoms with van der Waals surface area (Å²) in [5, 5.41) is 2.91. The lowest BCUT2D eigenvalue weighted by Gasteiger charge is -2.14. The van der Waals surface area contributed by atoms with E-state index < -0.39 is 0 Å². The minimum absolute atomic E-state index is 0.0746. The minimum Gasteiger partial charge on any atom is -0.465 e. The van der Waals surface area contributed by atoms with Crippen LogP contribution in [0.2, 0.25) is 0 Å². The molecule has 0 heterocycles. The van der Waals surface area contributed by atoms with E-state index in [9.17, 15) is 9.59 Å². The SMILES string of the molecule is COC(=O)c1cccc(-c2ccc(NC(=O)CCS)cc2-c2ccccc2)c1. The molecule has 0 radical (unpaired) electrons. The quantitative estimate of drug-likeness (QED) is 0.456. The first-order chi connectivity index (χ1) is 13.6. The van der Waals surface area contributed by atoms with Gasteiger partial charge in [-0.05, 0) is 52.3 Å². The summed E-state index contributed by atoms with van der Waals surface area (Å²) in [7, 11) is 1.37. The van der Waals surface area contributed by atoms with Crippen LogP contribution in [0.3, 0.4) is 0 Å². The number of carbonyl (C=O) groups is 2. The summed E-state index contributed by atoms with van der Waals surface area (Å²) in [5.41, 5.74) is 5.06. The number of carbonyl (C=O) groups excluding carboxylic acids is 2. The van der Waals surface area contributed by atoms with Gasteiger partial charge in [0.05, 0.1) is 12.7 Å². The number of nitrogens with one attached hydrogen (secondary N) is 1. The van der Waals surface area contributed by atoms with Crippen molar-refractivity contribution in [2.45, 2.75) is 6.42 Å². The standard InChI is InChI=1S/C23H21NO3S/c1-27-23(26)18-9-5-8-17(14-18)20-11-10-19(24-22(25)12-13-28)15-21(20)16-6-3-2-4-7-16/h2-11,14-15,28H,12-13H2,1H3,(H,24,25). The highest BCUT2D eigenvalue weighted by Gasteiger charge is 2.12. The van der Waals surface area contributed by atoms with Crippen LogP contribution in [0.1, 0.15) is 16.8 Å². The number of esters is 1. The zero-order valence-corrected chi connectivity index (χ0v) is 16.4. The summed E-state index contributed by atoms with van der Waals surface area (Å²) in [6.45, 7) is 0. The molecule has 0 saturated heterocycles. The summed E-state index contributed by atoms with van der Waals surface area (Å²) >= 11 is 4.10. The molecule has 1 amide bonds. The van der Waals surface area contributed by atoms with Crippen molar-refractivity contribution in [3.05, 3.63) is 78.4 Å². The Morgan fingerprint density at radius 2 is 1.64 bits per heavy atom. The minimum atomic E-state index is -0.376. The molecule has 0 fully saturated rings. The van der Waals surface area contributed by atoms with E-state index in [0.29, 0.717) is 17.7 Å². The van der Waals surface area contributed by atoms with Gasteiger partial charge in [0.15, 0.2) is 0 Å². The molecule has 0 atom stereocenters. The van der Waals surface area contributed by atoms with Gasteiger partial charge in [-0.1, -0.05) is 48.5 Å². The van der Waals surface area contributed by atoms with Crippen LogP contribution in [0, 0.1) is 0 Å². The van der Waals surface area contributed by atoms with Crippen LogP contribution in [0.25, 0.3) is 22.3 Å². The Balaban J connectivity index is 2.08. The lowest BCUT2D eigenvalue weighted by atomic mass is 9.93. The predicted molar refractivity (Wildman–Crippen MR) is 116 cm³/mol. The second-order valence-electron chi connectivity index (χ2n) is 6.22. The van der Waals surface area contributed by atoms with Gasteiger partial charge in [-0.15, -0.1) is 0 Å². The van der Waals surface area contributed by atoms with Gasteiger partial charge in [0.2, 0.25) is 5.91 Å². The molecular formula is C23H21NO3S. The van der Waals surface area contributed by atoms with Crippen LogP contribution >= 0.6 is 12.6 Å². The number of benzene rings is 3. The maximum Gasteiger partial charge on any atom is 0.337 e. The number of hydrogen-bond donors (Lipinski definition) is 2. The van der Waals surface area contributed by atoms with E-state index in [4.69, 9.17) is 4.74 Å². The third-order valence-corrected chi connectivity index (χ3v) is 4.55. The third-order valence-electron chi connectivity index (χ3n) is 4.32. The van der Waals surface area contributed by atoms with Crippen LogP contribution in [-0.2, 0) is 9.53 Å². The Hall–Kier alpha value is -3.05. The van der Waals surface area contributed by atoms with Gasteiger partial charge in [0.1, 0.15) is 0 Å². The van der Waals surface area contributed by atoms with Crippen LogP contribution in [0.4, 0.5) is 5.69 Å². The van der Waals surface area contributed by atoms with Gasteiger partial charge in [0, 0.05) is 12.1 Å². The fourth-order valence-electron chi connectivity index (χ4n) is 2.99. The van der Waals surface area contributed by atoms with E-state index in [1.54, 1.807) is 6.07 Å². The first-order valence-electron chi connectivity index (χ1n) is 8.91. The maximum absolute atomic E-state index is 12.0. The summed E-state index contributed by atoms with van der Waals surface area (Å²) in [6.07, 6.45) is 0.354. The molecule has 3 rings (SSSR count). The smallest absolute Gasteiger partial charge is 0.337 e. The second kappa shape index (κ2) is 9.24. The molecule has 1 N–H and O–H groups in total. The number of hydrogen-bond acceptors (Lipinski definition) is 4. The summed E-state index contributed by atoms with van der Waals surface area (Å²) < 4.78 is 4.84. The monoisotopic (exact) mass is 391 g/mol. The normalized spacial score (nSPS) is 10.4.